The number of hydrogen-bond acceptors (Lipinski definition) is 3. The van der Waals surface area contributed by atoms with E-state index in [1.54, 1.807) is 17.0 Å². The Labute approximate surface area is 147 Å². The number of halogens is 1. The highest BCUT2D eigenvalue weighted by Crippen LogP contribution is 2.19. The lowest BCUT2D eigenvalue weighted by Gasteiger charge is -2.35. The molecule has 25 heavy (non-hydrogen) atoms. The molecule has 1 fully saturated rings. The summed E-state index contributed by atoms with van der Waals surface area (Å²) in [5, 5.41) is 10.2. The average Bonchev–Trinajstić information content (AvgIpc) is 2.63. The largest absolute Gasteiger partial charge is 0.388 e. The van der Waals surface area contributed by atoms with Crippen LogP contribution in [0.5, 0.6) is 0 Å². The maximum atomic E-state index is 13.2. The third kappa shape index (κ3) is 4.87. The number of hydrogen-bond donors (Lipinski definition) is 1. The zero-order valence-corrected chi connectivity index (χ0v) is 14.1. The van der Waals surface area contributed by atoms with Crippen molar-refractivity contribution in [2.24, 2.45) is 0 Å². The van der Waals surface area contributed by atoms with Crippen LogP contribution < -0.4 is 0 Å². The molecular weight excluding hydrogens is 319 g/mol. The predicted octanol–water partition coefficient (Wildman–Crippen LogP) is 2.59. The van der Waals surface area contributed by atoms with Gasteiger partial charge in [-0.05, 0) is 23.3 Å². The molecule has 2 aromatic carbocycles. The van der Waals surface area contributed by atoms with Crippen molar-refractivity contribution in [2.75, 3.05) is 26.2 Å². The van der Waals surface area contributed by atoms with Crippen LogP contribution in [0.25, 0.3) is 0 Å². The number of rotatable bonds is 5. The van der Waals surface area contributed by atoms with Gasteiger partial charge in [0.15, 0.2) is 0 Å². The predicted molar refractivity (Wildman–Crippen MR) is 94.3 cm³/mol. The molecule has 1 heterocycles. The van der Waals surface area contributed by atoms with Crippen LogP contribution in [0.3, 0.4) is 0 Å². The maximum Gasteiger partial charge on any atom is 0.225 e. The van der Waals surface area contributed by atoms with E-state index >= 15 is 0 Å². The quantitative estimate of drug-likeness (QED) is 0.908. The van der Waals surface area contributed by atoms with Gasteiger partial charge in [-0.25, -0.2) is 4.39 Å². The van der Waals surface area contributed by atoms with Crippen LogP contribution in [0, 0.1) is 5.82 Å². The smallest absolute Gasteiger partial charge is 0.225 e. The van der Waals surface area contributed by atoms with Crippen LogP contribution in [0.4, 0.5) is 4.39 Å². The molecule has 0 aliphatic carbocycles. The lowest BCUT2D eigenvalue weighted by atomic mass is 10.1. The van der Waals surface area contributed by atoms with Crippen molar-refractivity contribution >= 4 is 5.91 Å². The highest BCUT2D eigenvalue weighted by atomic mass is 19.1. The van der Waals surface area contributed by atoms with Gasteiger partial charge < -0.3 is 10.0 Å². The van der Waals surface area contributed by atoms with Crippen LogP contribution in [0.1, 0.15) is 23.7 Å². The van der Waals surface area contributed by atoms with Crippen molar-refractivity contribution < 1.29 is 14.3 Å². The second-order valence-corrected chi connectivity index (χ2v) is 6.42. The number of nitrogens with zero attached hydrogens (tertiary/aromatic N) is 2. The van der Waals surface area contributed by atoms with Crippen LogP contribution in [0.2, 0.25) is 0 Å². The molecule has 0 aromatic heterocycles. The van der Waals surface area contributed by atoms with Crippen molar-refractivity contribution in [2.45, 2.75) is 19.1 Å². The van der Waals surface area contributed by atoms with E-state index < -0.39 is 11.9 Å². The first-order valence-corrected chi connectivity index (χ1v) is 8.59. The fourth-order valence-electron chi connectivity index (χ4n) is 3.12. The number of benzene rings is 2. The van der Waals surface area contributed by atoms with Gasteiger partial charge in [0.2, 0.25) is 5.91 Å². The van der Waals surface area contributed by atoms with Gasteiger partial charge in [0.05, 0.1) is 12.5 Å². The molecule has 0 spiro atoms. The number of carbonyl (C=O) groups is 1. The summed E-state index contributed by atoms with van der Waals surface area (Å²) in [6, 6.07) is 16.1. The molecule has 1 amide bonds. The van der Waals surface area contributed by atoms with Gasteiger partial charge in [-0.2, -0.15) is 0 Å². The lowest BCUT2D eigenvalue weighted by Crippen LogP contribution is -2.48. The van der Waals surface area contributed by atoms with Crippen molar-refractivity contribution in [3.63, 3.8) is 0 Å². The van der Waals surface area contributed by atoms with Gasteiger partial charge in [-0.3, -0.25) is 9.69 Å². The first-order chi connectivity index (χ1) is 12.1. The van der Waals surface area contributed by atoms with Crippen LogP contribution >= 0.6 is 0 Å². The Balaban J connectivity index is 1.48. The number of amides is 1. The van der Waals surface area contributed by atoms with Crippen LogP contribution in [-0.2, 0) is 11.3 Å². The van der Waals surface area contributed by atoms with Crippen molar-refractivity contribution in [3.05, 3.63) is 71.5 Å². The van der Waals surface area contributed by atoms with E-state index in [2.05, 4.69) is 17.0 Å². The minimum atomic E-state index is -0.967. The Morgan fingerprint density at radius 2 is 1.76 bits per heavy atom. The van der Waals surface area contributed by atoms with Crippen LogP contribution in [0.15, 0.2) is 54.6 Å². The SMILES string of the molecule is O=C(CC(O)c1cccc(F)c1)N1CCN(Cc2ccccc2)CC1. The van der Waals surface area contributed by atoms with E-state index in [4.69, 9.17) is 0 Å². The Kier molecular flexibility index (Phi) is 5.79. The third-order valence-corrected chi connectivity index (χ3v) is 4.58. The minimum Gasteiger partial charge on any atom is -0.388 e. The topological polar surface area (TPSA) is 43.8 Å². The Morgan fingerprint density at radius 3 is 2.44 bits per heavy atom. The van der Waals surface area contributed by atoms with E-state index in [-0.39, 0.29) is 12.3 Å². The summed E-state index contributed by atoms with van der Waals surface area (Å²) in [7, 11) is 0. The van der Waals surface area contributed by atoms with Gasteiger partial charge >= 0.3 is 0 Å². The minimum absolute atomic E-state index is 0.0118. The van der Waals surface area contributed by atoms with E-state index in [1.165, 1.54) is 17.7 Å². The molecule has 0 radical (unpaired) electrons. The molecule has 1 unspecified atom stereocenters. The van der Waals surface area contributed by atoms with Gasteiger partial charge in [0, 0.05) is 32.7 Å². The first kappa shape index (κ1) is 17.6. The summed E-state index contributed by atoms with van der Waals surface area (Å²) in [4.78, 5) is 16.5. The first-order valence-electron chi connectivity index (χ1n) is 8.59. The van der Waals surface area contributed by atoms with Crippen molar-refractivity contribution in [1.29, 1.82) is 0 Å². The molecule has 1 saturated heterocycles. The van der Waals surface area contributed by atoms with E-state index in [0.29, 0.717) is 18.7 Å². The summed E-state index contributed by atoms with van der Waals surface area (Å²) in [5.41, 5.74) is 1.71. The van der Waals surface area contributed by atoms with Gasteiger partial charge in [0.1, 0.15) is 5.82 Å². The Bertz CT molecular complexity index is 700. The maximum absolute atomic E-state index is 13.2. The van der Waals surface area contributed by atoms with Crippen molar-refractivity contribution in [1.82, 2.24) is 9.80 Å². The third-order valence-electron chi connectivity index (χ3n) is 4.58. The Hall–Kier alpha value is -2.24. The van der Waals surface area contributed by atoms with E-state index in [9.17, 15) is 14.3 Å². The highest BCUT2D eigenvalue weighted by molar-refractivity contribution is 5.77. The molecule has 0 bridgehead atoms. The number of aliphatic hydroxyl groups excluding tert-OH is 1. The summed E-state index contributed by atoms with van der Waals surface area (Å²) in [6.45, 7) is 3.82. The number of carbonyl (C=O) groups excluding carboxylic acids is 1. The normalized spacial score (nSPS) is 16.6. The molecule has 0 saturated carbocycles. The molecule has 132 valence electrons. The van der Waals surface area contributed by atoms with Crippen molar-refractivity contribution in [3.8, 4) is 0 Å². The zero-order chi connectivity index (χ0) is 17.6. The van der Waals surface area contributed by atoms with E-state index in [0.717, 1.165) is 19.6 Å². The second kappa shape index (κ2) is 8.23. The van der Waals surface area contributed by atoms with Crippen LogP contribution in [-0.4, -0.2) is 47.0 Å². The number of piperazine rings is 1. The lowest BCUT2D eigenvalue weighted by molar-refractivity contribution is -0.135. The fourth-order valence-corrected chi connectivity index (χ4v) is 3.12. The molecule has 4 nitrogen and oxygen atoms in total. The Morgan fingerprint density at radius 1 is 1.04 bits per heavy atom. The molecule has 1 aliphatic heterocycles. The molecule has 1 N–H and O–H groups in total. The molecule has 3 rings (SSSR count). The standard InChI is InChI=1S/C20H23FN2O2/c21-18-8-4-7-17(13-18)19(24)14-20(25)23-11-9-22(10-12-23)15-16-5-2-1-3-6-16/h1-8,13,19,24H,9-12,14-15H2. The second-order valence-electron chi connectivity index (χ2n) is 6.42. The molecule has 1 aliphatic rings. The monoisotopic (exact) mass is 342 g/mol. The molecule has 5 heteroatoms. The number of aliphatic hydroxyl groups is 1. The molecular formula is C20H23FN2O2. The highest BCUT2D eigenvalue weighted by Gasteiger charge is 2.23. The summed E-state index contributed by atoms with van der Waals surface area (Å²) in [6.07, 6.45) is -0.979. The molecule has 1 atom stereocenters. The fraction of sp³-hybridized carbons (Fsp3) is 0.350. The zero-order valence-electron chi connectivity index (χ0n) is 14.1. The summed E-state index contributed by atoms with van der Waals surface area (Å²) < 4.78 is 13.2. The summed E-state index contributed by atoms with van der Waals surface area (Å²) in [5.74, 6) is -0.491. The van der Waals surface area contributed by atoms with Gasteiger partial charge in [-0.15, -0.1) is 0 Å². The average molecular weight is 342 g/mol. The summed E-state index contributed by atoms with van der Waals surface area (Å²) >= 11 is 0. The molecule has 2 aromatic rings. The van der Waals surface area contributed by atoms with Gasteiger partial charge in [-0.1, -0.05) is 42.5 Å². The van der Waals surface area contributed by atoms with E-state index in [1.807, 2.05) is 18.2 Å². The van der Waals surface area contributed by atoms with Gasteiger partial charge in [0.25, 0.3) is 0 Å².